The lowest BCUT2D eigenvalue weighted by molar-refractivity contribution is 0.635. The fourth-order valence-corrected chi connectivity index (χ4v) is 3.17. The molecule has 0 aliphatic heterocycles. The van der Waals surface area contributed by atoms with Gasteiger partial charge in [-0.05, 0) is 25.3 Å². The highest BCUT2D eigenvalue weighted by Crippen LogP contribution is 2.31. The number of hydrogen-bond acceptors (Lipinski definition) is 4. The molecule has 0 saturated heterocycles. The monoisotopic (exact) mass is 269 g/mol. The van der Waals surface area contributed by atoms with Crippen LogP contribution in [0.1, 0.15) is 50.6 Å². The first-order valence-electron chi connectivity index (χ1n) is 6.84. The van der Waals surface area contributed by atoms with Gasteiger partial charge in [-0.15, -0.1) is 11.3 Å². The van der Waals surface area contributed by atoms with E-state index in [1.165, 1.54) is 10.6 Å². The Bertz CT molecular complexity index is 360. The van der Waals surface area contributed by atoms with Crippen LogP contribution in [0.25, 0.3) is 0 Å². The number of nitrogens with zero attached hydrogens (tertiary/aromatic N) is 2. The van der Waals surface area contributed by atoms with E-state index in [2.05, 4.69) is 45.0 Å². The molecule has 4 heteroatoms. The lowest BCUT2D eigenvalue weighted by Gasteiger charge is -2.17. The lowest BCUT2D eigenvalue weighted by Crippen LogP contribution is -2.22. The first-order chi connectivity index (χ1) is 8.49. The predicted octanol–water partition coefficient (Wildman–Crippen LogP) is 3.47. The Morgan fingerprint density at radius 2 is 2.00 bits per heavy atom. The van der Waals surface area contributed by atoms with E-state index in [9.17, 15) is 0 Å². The van der Waals surface area contributed by atoms with E-state index in [0.29, 0.717) is 11.8 Å². The summed E-state index contributed by atoms with van der Waals surface area (Å²) in [5.41, 5.74) is 1.28. The molecule has 1 N–H and O–H groups in total. The van der Waals surface area contributed by atoms with Gasteiger partial charge < -0.3 is 10.2 Å². The van der Waals surface area contributed by atoms with E-state index in [0.717, 1.165) is 24.6 Å². The summed E-state index contributed by atoms with van der Waals surface area (Å²) in [4.78, 5) is 8.52. The molecular formula is C14H27N3S. The zero-order valence-electron chi connectivity index (χ0n) is 12.6. The number of hydrogen-bond donors (Lipinski definition) is 1. The van der Waals surface area contributed by atoms with Crippen molar-refractivity contribution < 1.29 is 0 Å². The quantitative estimate of drug-likeness (QED) is 0.821. The van der Waals surface area contributed by atoms with Gasteiger partial charge in [-0.25, -0.2) is 4.98 Å². The van der Waals surface area contributed by atoms with Crippen LogP contribution in [0.2, 0.25) is 0 Å². The van der Waals surface area contributed by atoms with Crippen LogP contribution < -0.4 is 10.2 Å². The molecule has 0 aliphatic rings. The summed E-state index contributed by atoms with van der Waals surface area (Å²) in [7, 11) is 4.14. The van der Waals surface area contributed by atoms with Crippen LogP contribution in [-0.4, -0.2) is 25.6 Å². The third kappa shape index (κ3) is 3.95. The maximum absolute atomic E-state index is 4.86. The zero-order chi connectivity index (χ0) is 13.7. The second-order valence-electron chi connectivity index (χ2n) is 5.42. The predicted molar refractivity (Wildman–Crippen MR) is 81.7 cm³/mol. The van der Waals surface area contributed by atoms with Crippen LogP contribution in [0.5, 0.6) is 0 Å². The Morgan fingerprint density at radius 3 is 2.50 bits per heavy atom. The molecule has 104 valence electrons. The maximum Gasteiger partial charge on any atom is 0.185 e. The van der Waals surface area contributed by atoms with Crippen molar-refractivity contribution in [2.45, 2.75) is 46.6 Å². The number of nitrogens with one attached hydrogen (secondary N) is 1. The minimum absolute atomic E-state index is 0.547. The molecule has 1 unspecified atom stereocenters. The van der Waals surface area contributed by atoms with Gasteiger partial charge in [0.05, 0.1) is 5.69 Å². The van der Waals surface area contributed by atoms with Crippen LogP contribution in [0.3, 0.4) is 0 Å². The van der Waals surface area contributed by atoms with Crippen molar-refractivity contribution in [3.05, 3.63) is 10.6 Å². The summed E-state index contributed by atoms with van der Waals surface area (Å²) in [6.45, 7) is 11.0. The van der Waals surface area contributed by atoms with Gasteiger partial charge >= 0.3 is 0 Å². The van der Waals surface area contributed by atoms with Gasteiger partial charge in [0.2, 0.25) is 0 Å². The van der Waals surface area contributed by atoms with E-state index in [-0.39, 0.29) is 0 Å². The number of aromatic nitrogens is 1. The van der Waals surface area contributed by atoms with Crippen LogP contribution >= 0.6 is 11.3 Å². The summed E-state index contributed by atoms with van der Waals surface area (Å²) >= 11 is 1.83. The van der Waals surface area contributed by atoms with E-state index in [1.807, 2.05) is 18.4 Å². The highest BCUT2D eigenvalue weighted by atomic mass is 32.1. The summed E-state index contributed by atoms with van der Waals surface area (Å²) in [5.74, 6) is 1.21. The molecule has 0 aliphatic carbocycles. The summed E-state index contributed by atoms with van der Waals surface area (Å²) in [5, 5.41) is 4.41. The Hall–Kier alpha value is -0.610. The van der Waals surface area contributed by atoms with Crippen molar-refractivity contribution >= 4 is 16.5 Å². The van der Waals surface area contributed by atoms with Crippen LogP contribution in [-0.2, 0) is 6.54 Å². The second-order valence-corrected chi connectivity index (χ2v) is 6.48. The van der Waals surface area contributed by atoms with Crippen molar-refractivity contribution in [2.75, 3.05) is 25.5 Å². The first kappa shape index (κ1) is 15.4. The fourth-order valence-electron chi connectivity index (χ4n) is 2.01. The summed E-state index contributed by atoms with van der Waals surface area (Å²) in [6.07, 6.45) is 1.15. The average Bonchev–Trinajstić information content (AvgIpc) is 2.72. The Balaban J connectivity index is 2.93. The van der Waals surface area contributed by atoms with Crippen molar-refractivity contribution in [3.63, 3.8) is 0 Å². The zero-order valence-corrected chi connectivity index (χ0v) is 13.4. The fraction of sp³-hybridized carbons (Fsp3) is 0.786. The highest BCUT2D eigenvalue weighted by molar-refractivity contribution is 7.15. The maximum atomic E-state index is 4.86. The average molecular weight is 269 g/mol. The van der Waals surface area contributed by atoms with Crippen LogP contribution in [0.15, 0.2) is 0 Å². The van der Waals surface area contributed by atoms with Gasteiger partial charge in [0.1, 0.15) is 0 Å². The molecule has 0 amide bonds. The van der Waals surface area contributed by atoms with Crippen LogP contribution in [0, 0.1) is 5.92 Å². The molecule has 1 heterocycles. The molecule has 1 aromatic heterocycles. The van der Waals surface area contributed by atoms with Crippen LogP contribution in [0.4, 0.5) is 5.13 Å². The Morgan fingerprint density at radius 1 is 1.33 bits per heavy atom. The van der Waals surface area contributed by atoms with E-state index in [1.54, 1.807) is 0 Å². The van der Waals surface area contributed by atoms with Gasteiger partial charge in [-0.3, -0.25) is 0 Å². The van der Waals surface area contributed by atoms with Gasteiger partial charge in [-0.2, -0.15) is 0 Å². The van der Waals surface area contributed by atoms with Crippen molar-refractivity contribution in [1.82, 2.24) is 10.3 Å². The molecule has 1 atom stereocenters. The van der Waals surface area contributed by atoms with Gasteiger partial charge in [-0.1, -0.05) is 27.7 Å². The van der Waals surface area contributed by atoms with E-state index < -0.39 is 0 Å². The number of anilines is 1. The highest BCUT2D eigenvalue weighted by Gasteiger charge is 2.17. The molecule has 0 saturated carbocycles. The molecular weight excluding hydrogens is 242 g/mol. The van der Waals surface area contributed by atoms with Gasteiger partial charge in [0, 0.05) is 25.0 Å². The third-order valence-corrected chi connectivity index (χ3v) is 4.28. The van der Waals surface area contributed by atoms with Crippen molar-refractivity contribution in [3.8, 4) is 0 Å². The standard InChI is InChI=1S/C14H27N3S/c1-7-11(4)13-12(8-15-5)18-14(16-13)17(6)9-10(2)3/h10-11,15H,7-9H2,1-6H3. The van der Waals surface area contributed by atoms with E-state index >= 15 is 0 Å². The minimum atomic E-state index is 0.547. The van der Waals surface area contributed by atoms with Gasteiger partial charge in [0.25, 0.3) is 0 Å². The van der Waals surface area contributed by atoms with Crippen molar-refractivity contribution in [1.29, 1.82) is 0 Å². The summed E-state index contributed by atoms with van der Waals surface area (Å²) < 4.78 is 0. The largest absolute Gasteiger partial charge is 0.351 e. The Kier molecular flexibility index (Phi) is 6.09. The molecule has 0 bridgehead atoms. The molecule has 3 nitrogen and oxygen atoms in total. The first-order valence-corrected chi connectivity index (χ1v) is 7.66. The third-order valence-electron chi connectivity index (χ3n) is 3.10. The second kappa shape index (κ2) is 7.10. The molecule has 0 spiro atoms. The summed E-state index contributed by atoms with van der Waals surface area (Å²) in [6, 6.07) is 0. The molecule has 1 rings (SSSR count). The lowest BCUT2D eigenvalue weighted by atomic mass is 10.0. The Labute approximate surface area is 116 Å². The van der Waals surface area contributed by atoms with Crippen molar-refractivity contribution in [2.24, 2.45) is 5.92 Å². The topological polar surface area (TPSA) is 28.2 Å². The van der Waals surface area contributed by atoms with Gasteiger partial charge in [0.15, 0.2) is 5.13 Å². The normalized spacial score (nSPS) is 13.1. The molecule has 18 heavy (non-hydrogen) atoms. The smallest absolute Gasteiger partial charge is 0.185 e. The molecule has 0 aromatic carbocycles. The minimum Gasteiger partial charge on any atom is -0.351 e. The molecule has 0 radical (unpaired) electrons. The number of rotatable bonds is 7. The molecule has 1 aromatic rings. The van der Waals surface area contributed by atoms with E-state index in [4.69, 9.17) is 4.98 Å². The number of thiazole rings is 1. The SMILES string of the molecule is CCC(C)c1nc(N(C)CC(C)C)sc1CNC. The molecule has 0 fully saturated rings.